The van der Waals surface area contributed by atoms with E-state index in [1.54, 1.807) is 17.5 Å². The van der Waals surface area contributed by atoms with Crippen LogP contribution in [0.5, 0.6) is 0 Å². The van der Waals surface area contributed by atoms with Crippen molar-refractivity contribution in [1.29, 1.82) is 0 Å². The summed E-state index contributed by atoms with van der Waals surface area (Å²) in [5, 5.41) is 5.60. The number of carbonyl (C=O) groups excluding carboxylic acids is 1. The van der Waals surface area contributed by atoms with Gasteiger partial charge in [0.1, 0.15) is 22.0 Å². The Balaban J connectivity index is 1.37. The summed E-state index contributed by atoms with van der Waals surface area (Å²) in [6.07, 6.45) is 1.34. The summed E-state index contributed by atoms with van der Waals surface area (Å²) in [6.45, 7) is -0.223. The van der Waals surface area contributed by atoms with E-state index in [2.05, 4.69) is 15.3 Å². The van der Waals surface area contributed by atoms with Gasteiger partial charge in [-0.3, -0.25) is 14.2 Å². The number of nitrogens with one attached hydrogen (secondary N) is 1. The number of furan rings is 1. The Morgan fingerprint density at radius 2 is 2.10 bits per heavy atom. The Morgan fingerprint density at radius 1 is 1.27 bits per heavy atom. The van der Waals surface area contributed by atoms with E-state index >= 15 is 0 Å². The van der Waals surface area contributed by atoms with Gasteiger partial charge in [-0.1, -0.05) is 35.3 Å². The Bertz CT molecular complexity index is 1480. The second-order valence-corrected chi connectivity index (χ2v) is 9.42. The predicted molar refractivity (Wildman–Crippen MR) is 120 cm³/mol. The number of amides is 1. The number of thiazole rings is 1. The molecule has 5 aromatic rings. The van der Waals surface area contributed by atoms with Crippen LogP contribution in [-0.2, 0) is 11.3 Å². The van der Waals surface area contributed by atoms with Gasteiger partial charge in [0.25, 0.3) is 5.56 Å². The van der Waals surface area contributed by atoms with Gasteiger partial charge in [-0.05, 0) is 18.2 Å². The third-order valence-corrected chi connectivity index (χ3v) is 6.59. The first kappa shape index (κ1) is 19.3. The van der Waals surface area contributed by atoms with E-state index < -0.39 is 11.5 Å². The zero-order valence-electron chi connectivity index (χ0n) is 14.9. The highest BCUT2D eigenvalue weighted by Gasteiger charge is 2.16. The molecule has 7 nitrogen and oxygen atoms in total. The van der Waals surface area contributed by atoms with E-state index in [0.717, 1.165) is 5.39 Å². The SMILES string of the molecule is O=C(Cn1cnc2c(oc3ccccc32)c1=O)Nc1nc(-c2cc(Cl)sc2Cl)cs1. The minimum atomic E-state index is -0.425. The number of fused-ring (bicyclic) bond motifs is 3. The van der Waals surface area contributed by atoms with Crippen molar-refractivity contribution in [2.24, 2.45) is 0 Å². The molecular weight excluding hydrogens is 467 g/mol. The molecule has 4 aromatic heterocycles. The molecule has 1 aromatic carbocycles. The highest BCUT2D eigenvalue weighted by molar-refractivity contribution is 7.20. The first-order valence-electron chi connectivity index (χ1n) is 8.57. The first-order chi connectivity index (χ1) is 14.5. The number of hydrogen-bond acceptors (Lipinski definition) is 7. The van der Waals surface area contributed by atoms with Gasteiger partial charge in [0.15, 0.2) is 5.13 Å². The van der Waals surface area contributed by atoms with Crippen LogP contribution in [0.3, 0.4) is 0 Å². The number of benzene rings is 1. The molecule has 5 rings (SSSR count). The zero-order chi connectivity index (χ0) is 20.8. The molecule has 0 radical (unpaired) electrons. The molecule has 4 heterocycles. The van der Waals surface area contributed by atoms with Crippen LogP contribution in [0.2, 0.25) is 8.67 Å². The maximum absolute atomic E-state index is 12.7. The number of nitrogens with zero attached hydrogens (tertiary/aromatic N) is 3. The predicted octanol–water partition coefficient (Wildman–Crippen LogP) is 5.27. The molecular formula is C19H10Cl2N4O3S2. The van der Waals surface area contributed by atoms with Gasteiger partial charge in [-0.2, -0.15) is 0 Å². The Kier molecular flexibility index (Phi) is 4.82. The van der Waals surface area contributed by atoms with Crippen molar-refractivity contribution in [2.45, 2.75) is 6.54 Å². The quantitative estimate of drug-likeness (QED) is 0.381. The van der Waals surface area contributed by atoms with Crippen molar-refractivity contribution in [3.8, 4) is 11.3 Å². The molecule has 0 saturated carbocycles. The third kappa shape index (κ3) is 3.39. The van der Waals surface area contributed by atoms with Gasteiger partial charge in [0, 0.05) is 16.3 Å². The third-order valence-electron chi connectivity index (χ3n) is 4.35. The van der Waals surface area contributed by atoms with Crippen LogP contribution in [0.1, 0.15) is 0 Å². The molecule has 0 atom stereocenters. The maximum Gasteiger partial charge on any atom is 0.297 e. The van der Waals surface area contributed by atoms with Crippen LogP contribution in [-0.4, -0.2) is 20.4 Å². The minimum Gasteiger partial charge on any atom is -0.448 e. The van der Waals surface area contributed by atoms with E-state index in [0.29, 0.717) is 36.2 Å². The summed E-state index contributed by atoms with van der Waals surface area (Å²) in [4.78, 5) is 33.8. The Labute approximate surface area is 186 Å². The molecule has 0 saturated heterocycles. The maximum atomic E-state index is 12.7. The molecule has 1 amide bonds. The van der Waals surface area contributed by atoms with E-state index in [4.69, 9.17) is 27.6 Å². The van der Waals surface area contributed by atoms with Gasteiger partial charge in [0.2, 0.25) is 11.5 Å². The van der Waals surface area contributed by atoms with Crippen LogP contribution in [0.15, 0.2) is 51.3 Å². The van der Waals surface area contributed by atoms with Gasteiger partial charge >= 0.3 is 0 Å². The fraction of sp³-hybridized carbons (Fsp3) is 0.0526. The number of aromatic nitrogens is 3. The molecule has 0 aliphatic heterocycles. The summed E-state index contributed by atoms with van der Waals surface area (Å²) in [6, 6.07) is 8.98. The minimum absolute atomic E-state index is 0.118. The van der Waals surface area contributed by atoms with Crippen LogP contribution in [0.4, 0.5) is 5.13 Å². The zero-order valence-corrected chi connectivity index (χ0v) is 18.0. The van der Waals surface area contributed by atoms with Gasteiger partial charge < -0.3 is 9.73 Å². The molecule has 0 bridgehead atoms. The van der Waals surface area contributed by atoms with E-state index in [1.807, 2.05) is 18.2 Å². The van der Waals surface area contributed by atoms with Crippen molar-refractivity contribution < 1.29 is 9.21 Å². The lowest BCUT2D eigenvalue weighted by Crippen LogP contribution is -2.27. The summed E-state index contributed by atoms with van der Waals surface area (Å²) in [7, 11) is 0. The van der Waals surface area contributed by atoms with Gasteiger partial charge in [-0.15, -0.1) is 22.7 Å². The van der Waals surface area contributed by atoms with E-state index in [9.17, 15) is 9.59 Å². The standard InChI is InChI=1S/C19H10Cl2N4O3S2/c20-13-5-10(17(21)30-13)11-7-29-19(23-11)24-14(26)6-25-8-22-15-9-3-1-2-4-12(9)28-16(15)18(25)27/h1-5,7-8H,6H2,(H,23,24,26). The monoisotopic (exact) mass is 476 g/mol. The summed E-state index contributed by atoms with van der Waals surface area (Å²) < 4.78 is 7.91. The van der Waals surface area contributed by atoms with Crippen LogP contribution >= 0.6 is 45.9 Å². The Hall–Kier alpha value is -2.72. The Morgan fingerprint density at radius 3 is 2.90 bits per heavy atom. The topological polar surface area (TPSA) is 90.0 Å². The normalized spacial score (nSPS) is 11.4. The van der Waals surface area contributed by atoms with Crippen LogP contribution in [0, 0.1) is 0 Å². The lowest BCUT2D eigenvalue weighted by atomic mass is 10.2. The number of halogens is 2. The van der Waals surface area contributed by atoms with Gasteiger partial charge in [-0.25, -0.2) is 9.97 Å². The van der Waals surface area contributed by atoms with Crippen molar-refractivity contribution >= 4 is 79.0 Å². The fourth-order valence-corrected chi connectivity index (χ4v) is 5.22. The molecule has 0 spiro atoms. The van der Waals surface area contributed by atoms with E-state index in [-0.39, 0.29) is 12.1 Å². The van der Waals surface area contributed by atoms with Crippen LogP contribution < -0.4 is 10.9 Å². The number of anilines is 1. The summed E-state index contributed by atoms with van der Waals surface area (Å²) in [5.74, 6) is -0.412. The van der Waals surface area contributed by atoms with Gasteiger partial charge in [0.05, 0.1) is 16.4 Å². The smallest absolute Gasteiger partial charge is 0.297 e. The number of rotatable bonds is 4. The second-order valence-electron chi connectivity index (χ2n) is 6.28. The average molecular weight is 477 g/mol. The van der Waals surface area contributed by atoms with Crippen LogP contribution in [0.25, 0.3) is 33.3 Å². The molecule has 0 aliphatic carbocycles. The molecule has 11 heteroatoms. The lowest BCUT2D eigenvalue weighted by molar-refractivity contribution is -0.116. The molecule has 0 fully saturated rings. The molecule has 0 unspecified atom stereocenters. The van der Waals surface area contributed by atoms with Crippen molar-refractivity contribution in [3.05, 3.63) is 61.1 Å². The number of carbonyl (C=O) groups is 1. The molecule has 0 aliphatic rings. The first-order valence-corrected chi connectivity index (χ1v) is 11.0. The molecule has 150 valence electrons. The molecule has 1 N–H and O–H groups in total. The highest BCUT2D eigenvalue weighted by Crippen LogP contribution is 2.39. The fourth-order valence-electron chi connectivity index (χ4n) is 3.01. The number of para-hydroxylation sites is 1. The second kappa shape index (κ2) is 7.51. The average Bonchev–Trinajstić information content (AvgIpc) is 3.41. The number of thiophene rings is 1. The number of hydrogen-bond donors (Lipinski definition) is 1. The summed E-state index contributed by atoms with van der Waals surface area (Å²) in [5.41, 5.74) is 2.06. The summed E-state index contributed by atoms with van der Waals surface area (Å²) >= 11 is 14.6. The van der Waals surface area contributed by atoms with Crippen molar-refractivity contribution in [3.63, 3.8) is 0 Å². The highest BCUT2D eigenvalue weighted by atomic mass is 35.5. The van der Waals surface area contributed by atoms with E-state index in [1.165, 1.54) is 33.6 Å². The van der Waals surface area contributed by atoms with Crippen molar-refractivity contribution in [1.82, 2.24) is 14.5 Å². The van der Waals surface area contributed by atoms with Crippen molar-refractivity contribution in [2.75, 3.05) is 5.32 Å². The lowest BCUT2D eigenvalue weighted by Gasteiger charge is -2.04. The largest absolute Gasteiger partial charge is 0.448 e. The molecule has 30 heavy (non-hydrogen) atoms.